The molecule has 5 heteroatoms. The van der Waals surface area contributed by atoms with Crippen molar-refractivity contribution in [3.63, 3.8) is 0 Å². The highest BCUT2D eigenvalue weighted by atomic mass is 19.1. The lowest BCUT2D eigenvalue weighted by Gasteiger charge is -2.31. The van der Waals surface area contributed by atoms with E-state index in [1.54, 1.807) is 12.1 Å². The number of hydrogen-bond acceptors (Lipinski definition) is 4. The van der Waals surface area contributed by atoms with Crippen molar-refractivity contribution in [2.75, 3.05) is 7.11 Å². The average Bonchev–Trinajstić information content (AvgIpc) is 2.67. The molecule has 1 heterocycles. The van der Waals surface area contributed by atoms with Crippen LogP contribution in [0.25, 0.3) is 0 Å². The fraction of sp³-hybridized carbons (Fsp3) is 0.333. The maximum atomic E-state index is 14.1. The SMILES string of the molecule is C=CCC(CC)(CC)c1ccc(Oc2ncc(C(=O)OC)cc2F)cc1. The maximum absolute atomic E-state index is 14.1. The molecule has 0 atom stereocenters. The van der Waals surface area contributed by atoms with Gasteiger partial charge >= 0.3 is 5.97 Å². The summed E-state index contributed by atoms with van der Waals surface area (Å²) in [4.78, 5) is 15.3. The molecule has 0 spiro atoms. The zero-order valence-corrected chi connectivity index (χ0v) is 15.4. The second-order valence-electron chi connectivity index (χ2n) is 6.11. The van der Waals surface area contributed by atoms with Crippen molar-refractivity contribution in [3.05, 3.63) is 66.1 Å². The highest BCUT2D eigenvalue weighted by Gasteiger charge is 2.26. The third kappa shape index (κ3) is 4.10. The van der Waals surface area contributed by atoms with Crippen molar-refractivity contribution in [2.45, 2.75) is 38.5 Å². The second kappa shape index (κ2) is 8.61. The molecular formula is C21H24FNO3. The molecule has 2 aromatic rings. The molecule has 0 amide bonds. The molecule has 26 heavy (non-hydrogen) atoms. The Labute approximate surface area is 153 Å². The Bertz CT molecular complexity index is 767. The van der Waals surface area contributed by atoms with Crippen LogP contribution in [0.15, 0.2) is 49.2 Å². The summed E-state index contributed by atoms with van der Waals surface area (Å²) in [5, 5.41) is 0. The smallest absolute Gasteiger partial charge is 0.339 e. The van der Waals surface area contributed by atoms with Crippen LogP contribution in [0.4, 0.5) is 4.39 Å². The molecule has 0 saturated carbocycles. The van der Waals surface area contributed by atoms with Gasteiger partial charge in [0.05, 0.1) is 12.7 Å². The van der Waals surface area contributed by atoms with Crippen molar-refractivity contribution in [1.29, 1.82) is 0 Å². The Morgan fingerprint density at radius 1 is 1.27 bits per heavy atom. The molecule has 1 aromatic heterocycles. The highest BCUT2D eigenvalue weighted by molar-refractivity contribution is 5.88. The van der Waals surface area contributed by atoms with Crippen molar-refractivity contribution < 1.29 is 18.7 Å². The molecule has 1 aromatic carbocycles. The summed E-state index contributed by atoms with van der Waals surface area (Å²) in [5.41, 5.74) is 1.28. The van der Waals surface area contributed by atoms with Crippen molar-refractivity contribution in [2.24, 2.45) is 0 Å². The van der Waals surface area contributed by atoms with E-state index in [1.165, 1.54) is 18.9 Å². The first-order valence-electron chi connectivity index (χ1n) is 8.62. The van der Waals surface area contributed by atoms with E-state index in [9.17, 15) is 9.18 Å². The Morgan fingerprint density at radius 3 is 2.42 bits per heavy atom. The number of halogens is 1. The fourth-order valence-electron chi connectivity index (χ4n) is 3.06. The van der Waals surface area contributed by atoms with Crippen LogP contribution >= 0.6 is 0 Å². The molecule has 0 fully saturated rings. The predicted molar refractivity (Wildman–Crippen MR) is 99.1 cm³/mol. The fourth-order valence-corrected chi connectivity index (χ4v) is 3.06. The molecule has 0 aliphatic rings. The van der Waals surface area contributed by atoms with E-state index >= 15 is 0 Å². The van der Waals surface area contributed by atoms with Crippen LogP contribution < -0.4 is 4.74 Å². The van der Waals surface area contributed by atoms with Gasteiger partial charge in [-0.1, -0.05) is 32.1 Å². The van der Waals surface area contributed by atoms with E-state index in [4.69, 9.17) is 4.74 Å². The zero-order valence-electron chi connectivity index (χ0n) is 15.4. The van der Waals surface area contributed by atoms with E-state index in [-0.39, 0.29) is 16.9 Å². The van der Waals surface area contributed by atoms with Crippen LogP contribution in [0.1, 0.15) is 49.0 Å². The highest BCUT2D eigenvalue weighted by Crippen LogP contribution is 2.36. The van der Waals surface area contributed by atoms with E-state index in [2.05, 4.69) is 30.1 Å². The van der Waals surface area contributed by atoms with Gasteiger partial charge in [-0.05, 0) is 48.4 Å². The maximum Gasteiger partial charge on any atom is 0.339 e. The molecule has 0 aliphatic heterocycles. The molecule has 0 N–H and O–H groups in total. The van der Waals surface area contributed by atoms with Crippen LogP contribution in [0.3, 0.4) is 0 Å². The Balaban J connectivity index is 2.21. The summed E-state index contributed by atoms with van der Waals surface area (Å²) < 4.78 is 24.2. The first-order chi connectivity index (χ1) is 12.5. The molecule has 0 radical (unpaired) electrons. The van der Waals surface area contributed by atoms with Crippen molar-refractivity contribution in [1.82, 2.24) is 4.98 Å². The first kappa shape index (κ1) is 19.6. The summed E-state index contributed by atoms with van der Waals surface area (Å²) in [5.74, 6) is -1.08. The number of methoxy groups -OCH3 is 1. The normalized spacial score (nSPS) is 11.1. The van der Waals surface area contributed by atoms with Gasteiger partial charge in [-0.3, -0.25) is 0 Å². The van der Waals surface area contributed by atoms with Crippen LogP contribution in [-0.2, 0) is 10.2 Å². The average molecular weight is 357 g/mol. The molecule has 2 rings (SSSR count). The molecule has 0 bridgehead atoms. The second-order valence-corrected chi connectivity index (χ2v) is 6.11. The largest absolute Gasteiger partial charge is 0.465 e. The van der Waals surface area contributed by atoms with E-state index < -0.39 is 11.8 Å². The lowest BCUT2D eigenvalue weighted by atomic mass is 9.73. The van der Waals surface area contributed by atoms with E-state index in [0.29, 0.717) is 5.75 Å². The molecule has 138 valence electrons. The first-order valence-corrected chi connectivity index (χ1v) is 8.62. The number of benzene rings is 1. The monoisotopic (exact) mass is 357 g/mol. The Morgan fingerprint density at radius 2 is 1.92 bits per heavy atom. The number of ether oxygens (including phenoxy) is 2. The van der Waals surface area contributed by atoms with Gasteiger partial charge < -0.3 is 9.47 Å². The van der Waals surface area contributed by atoms with Crippen LogP contribution in [0, 0.1) is 5.82 Å². The Hall–Kier alpha value is -2.69. The van der Waals surface area contributed by atoms with Crippen LogP contribution in [0.5, 0.6) is 11.6 Å². The van der Waals surface area contributed by atoms with E-state index in [0.717, 1.165) is 25.3 Å². The summed E-state index contributed by atoms with van der Waals surface area (Å²) in [7, 11) is 1.23. The number of allylic oxidation sites excluding steroid dienone is 1. The number of aromatic nitrogens is 1. The molecular weight excluding hydrogens is 333 g/mol. The molecule has 4 nitrogen and oxygen atoms in total. The van der Waals surface area contributed by atoms with Crippen LogP contribution in [0.2, 0.25) is 0 Å². The van der Waals surface area contributed by atoms with Gasteiger partial charge in [0.1, 0.15) is 5.75 Å². The quantitative estimate of drug-likeness (QED) is 0.467. The number of carbonyl (C=O) groups is 1. The number of nitrogens with zero attached hydrogens (tertiary/aromatic N) is 1. The standard InChI is InChI=1S/C21H24FNO3/c1-5-12-21(6-2,7-3)16-8-10-17(11-9-16)26-19-18(22)13-15(14-23-19)20(24)25-4/h5,8-11,13-14H,1,6-7,12H2,2-4H3. The minimum absolute atomic E-state index is 0.0350. The van der Waals surface area contributed by atoms with Crippen molar-refractivity contribution >= 4 is 5.97 Å². The van der Waals surface area contributed by atoms with Crippen molar-refractivity contribution in [3.8, 4) is 11.6 Å². The molecule has 0 saturated heterocycles. The number of esters is 1. The lowest BCUT2D eigenvalue weighted by Crippen LogP contribution is -2.23. The number of rotatable bonds is 8. The third-order valence-corrected chi connectivity index (χ3v) is 4.80. The number of pyridine rings is 1. The van der Waals surface area contributed by atoms with Gasteiger partial charge in [0, 0.05) is 6.20 Å². The van der Waals surface area contributed by atoms with Gasteiger partial charge in [-0.25, -0.2) is 14.2 Å². The third-order valence-electron chi connectivity index (χ3n) is 4.80. The van der Waals surface area contributed by atoms with Gasteiger partial charge in [0.2, 0.25) is 0 Å². The summed E-state index contributed by atoms with van der Waals surface area (Å²) in [6.07, 6.45) is 6.06. The van der Waals surface area contributed by atoms with Gasteiger partial charge in [0.25, 0.3) is 5.88 Å². The number of carbonyl (C=O) groups excluding carboxylic acids is 1. The van der Waals surface area contributed by atoms with Gasteiger partial charge in [0.15, 0.2) is 5.82 Å². The summed E-state index contributed by atoms with van der Waals surface area (Å²) in [6, 6.07) is 8.63. The number of hydrogen-bond donors (Lipinski definition) is 0. The van der Waals surface area contributed by atoms with E-state index in [1.807, 2.05) is 18.2 Å². The minimum atomic E-state index is -0.722. The zero-order chi connectivity index (χ0) is 19.2. The minimum Gasteiger partial charge on any atom is -0.465 e. The van der Waals surface area contributed by atoms with Crippen LogP contribution in [-0.4, -0.2) is 18.1 Å². The van der Waals surface area contributed by atoms with Gasteiger partial charge in [-0.2, -0.15) is 0 Å². The molecule has 0 unspecified atom stereocenters. The molecule has 0 aliphatic carbocycles. The topological polar surface area (TPSA) is 48.4 Å². The summed E-state index contributed by atoms with van der Waals surface area (Å²) in [6.45, 7) is 8.20. The lowest BCUT2D eigenvalue weighted by molar-refractivity contribution is 0.0599. The van der Waals surface area contributed by atoms with Gasteiger partial charge in [-0.15, -0.1) is 6.58 Å². The summed E-state index contributed by atoms with van der Waals surface area (Å²) >= 11 is 0. The predicted octanol–water partition coefficient (Wildman–Crippen LogP) is 5.43. The Kier molecular flexibility index (Phi) is 6.50.